The van der Waals surface area contributed by atoms with E-state index in [9.17, 15) is 0 Å². The molecule has 2 heterocycles. The largest absolute Gasteiger partial charge is 0.256 e. The Bertz CT molecular complexity index is 2000. The fraction of sp³-hybridized carbons (Fsp3) is 0.139. The third-order valence-electron chi connectivity index (χ3n) is 9.16. The highest BCUT2D eigenvalue weighted by Gasteiger charge is 2.42. The minimum atomic E-state index is -1.79. The van der Waals surface area contributed by atoms with Crippen LogP contribution >= 0.6 is 11.8 Å². The lowest BCUT2D eigenvalue weighted by Crippen LogP contribution is -2.56. The molecule has 6 aromatic rings. The number of fused-ring (bicyclic) bond motifs is 9. The number of benzene rings is 5. The van der Waals surface area contributed by atoms with Gasteiger partial charge in [-0.3, -0.25) is 4.98 Å². The molecular weight excluding hydrogens is 507 g/mol. The van der Waals surface area contributed by atoms with Gasteiger partial charge < -0.3 is 0 Å². The van der Waals surface area contributed by atoms with Gasteiger partial charge in [0, 0.05) is 32.2 Å². The molecule has 3 heteroatoms. The van der Waals surface area contributed by atoms with Crippen LogP contribution in [0.1, 0.15) is 25.0 Å². The van der Waals surface area contributed by atoms with E-state index in [2.05, 4.69) is 124 Å². The van der Waals surface area contributed by atoms with Gasteiger partial charge in [0.15, 0.2) is 0 Å². The van der Waals surface area contributed by atoms with Gasteiger partial charge in [-0.25, -0.2) is 0 Å². The number of hydrogen-bond donors (Lipinski definition) is 0. The molecule has 0 saturated carbocycles. The molecule has 0 atom stereocenters. The lowest BCUT2D eigenvalue weighted by molar-refractivity contribution is 0.660. The van der Waals surface area contributed by atoms with E-state index in [1.165, 1.54) is 59.3 Å². The summed E-state index contributed by atoms with van der Waals surface area (Å²) in [6.07, 6.45) is 1.91. The molecule has 0 amide bonds. The summed E-state index contributed by atoms with van der Waals surface area (Å²) in [5.41, 5.74) is 9.27. The fourth-order valence-corrected chi connectivity index (χ4v) is 12.6. The van der Waals surface area contributed by atoms with Crippen molar-refractivity contribution in [3.63, 3.8) is 0 Å². The van der Waals surface area contributed by atoms with Gasteiger partial charge in [0.05, 0.1) is 5.52 Å². The summed E-state index contributed by atoms with van der Waals surface area (Å²) in [6, 6.07) is 36.4. The molecule has 0 bridgehead atoms. The average Bonchev–Trinajstić information content (AvgIpc) is 3.19. The summed E-state index contributed by atoms with van der Waals surface area (Å²) < 4.78 is 0. The first-order chi connectivity index (χ1) is 18.9. The zero-order valence-electron chi connectivity index (χ0n) is 22.7. The Kier molecular flexibility index (Phi) is 4.73. The molecule has 0 saturated heterocycles. The maximum absolute atomic E-state index is 4.81. The predicted molar refractivity (Wildman–Crippen MR) is 170 cm³/mol. The third-order valence-corrected chi connectivity index (χ3v) is 14.3. The molecule has 8 rings (SSSR count). The van der Waals surface area contributed by atoms with Gasteiger partial charge in [0.25, 0.3) is 0 Å². The highest BCUT2D eigenvalue weighted by atomic mass is 32.2. The van der Waals surface area contributed by atoms with Crippen LogP contribution in [0.15, 0.2) is 113 Å². The minimum Gasteiger partial charge on any atom is -0.256 e. The van der Waals surface area contributed by atoms with Gasteiger partial charge in [-0.1, -0.05) is 111 Å². The predicted octanol–water partition coefficient (Wildman–Crippen LogP) is 8.65. The van der Waals surface area contributed by atoms with Gasteiger partial charge >= 0.3 is 0 Å². The molecule has 1 nitrogen and oxygen atoms in total. The molecule has 39 heavy (non-hydrogen) atoms. The molecule has 0 spiro atoms. The van der Waals surface area contributed by atoms with E-state index in [4.69, 9.17) is 4.98 Å². The molecule has 0 radical (unpaired) electrons. The van der Waals surface area contributed by atoms with E-state index in [-0.39, 0.29) is 5.41 Å². The van der Waals surface area contributed by atoms with Crippen molar-refractivity contribution in [1.82, 2.24) is 4.98 Å². The second-order valence-electron chi connectivity index (χ2n) is 12.0. The van der Waals surface area contributed by atoms with Crippen LogP contribution in [-0.2, 0) is 5.41 Å². The molecule has 0 fully saturated rings. The van der Waals surface area contributed by atoms with Crippen LogP contribution in [0.25, 0.3) is 43.9 Å². The molecule has 1 aliphatic heterocycles. The van der Waals surface area contributed by atoms with Gasteiger partial charge in [0.1, 0.15) is 8.07 Å². The number of rotatable bonds is 1. The SMILES string of the molecule is CC1(C)c2cc(-c3cc4ccccc4c4ncccc34)ccc2-c2c1ccc1c2Sc2ccccc2[Si]1(C)C. The first kappa shape index (κ1) is 23.2. The normalized spacial score (nSPS) is 16.0. The smallest absolute Gasteiger partial charge is 0.115 e. The average molecular weight is 536 g/mol. The Labute approximate surface area is 235 Å². The van der Waals surface area contributed by atoms with E-state index in [0.717, 1.165) is 5.52 Å². The van der Waals surface area contributed by atoms with Gasteiger partial charge in [-0.05, 0) is 73.4 Å². The van der Waals surface area contributed by atoms with E-state index >= 15 is 0 Å². The monoisotopic (exact) mass is 535 g/mol. The second-order valence-corrected chi connectivity index (χ2v) is 17.4. The number of aromatic nitrogens is 1. The topological polar surface area (TPSA) is 12.9 Å². The van der Waals surface area contributed by atoms with Crippen molar-refractivity contribution < 1.29 is 0 Å². The quantitative estimate of drug-likeness (QED) is 0.154. The Morgan fingerprint density at radius 1 is 0.692 bits per heavy atom. The first-order valence-corrected chi connectivity index (χ1v) is 17.5. The summed E-state index contributed by atoms with van der Waals surface area (Å²) in [6.45, 7) is 9.83. The minimum absolute atomic E-state index is 0.0656. The number of hydrogen-bond acceptors (Lipinski definition) is 2. The first-order valence-electron chi connectivity index (χ1n) is 13.7. The van der Waals surface area contributed by atoms with E-state index in [1.54, 1.807) is 10.4 Å². The zero-order chi connectivity index (χ0) is 26.5. The van der Waals surface area contributed by atoms with Crippen LogP contribution < -0.4 is 10.4 Å². The van der Waals surface area contributed by atoms with Crippen LogP contribution in [0.3, 0.4) is 0 Å². The lowest BCUT2D eigenvalue weighted by atomic mass is 9.81. The third kappa shape index (κ3) is 3.12. The Morgan fingerprint density at radius 2 is 1.49 bits per heavy atom. The van der Waals surface area contributed by atoms with Crippen molar-refractivity contribution in [3.8, 4) is 22.3 Å². The van der Waals surface area contributed by atoms with Crippen molar-refractivity contribution in [2.45, 2.75) is 42.1 Å². The summed E-state index contributed by atoms with van der Waals surface area (Å²) in [5.74, 6) is 0. The molecule has 0 N–H and O–H groups in total. The fourth-order valence-electron chi connectivity index (χ4n) is 7.04. The summed E-state index contributed by atoms with van der Waals surface area (Å²) in [7, 11) is -1.79. The van der Waals surface area contributed by atoms with Gasteiger partial charge in [-0.2, -0.15) is 0 Å². The van der Waals surface area contributed by atoms with Crippen LogP contribution in [0.4, 0.5) is 0 Å². The summed E-state index contributed by atoms with van der Waals surface area (Å²) in [5, 5.41) is 6.79. The summed E-state index contributed by atoms with van der Waals surface area (Å²) >= 11 is 1.98. The highest BCUT2D eigenvalue weighted by Crippen LogP contribution is 2.54. The Hall–Kier alpha value is -3.66. The zero-order valence-corrected chi connectivity index (χ0v) is 24.5. The Morgan fingerprint density at radius 3 is 2.38 bits per heavy atom. The molecule has 0 unspecified atom stereocenters. The molecule has 2 aliphatic rings. The highest BCUT2D eigenvalue weighted by molar-refractivity contribution is 8.00. The van der Waals surface area contributed by atoms with Gasteiger partial charge in [-0.15, -0.1) is 0 Å². The lowest BCUT2D eigenvalue weighted by Gasteiger charge is -2.34. The van der Waals surface area contributed by atoms with Crippen molar-refractivity contribution in [1.29, 1.82) is 0 Å². The second kappa shape index (κ2) is 7.94. The van der Waals surface area contributed by atoms with Crippen LogP contribution in [-0.4, -0.2) is 13.1 Å². The Balaban J connectivity index is 1.36. The van der Waals surface area contributed by atoms with Crippen molar-refractivity contribution in [2.24, 2.45) is 0 Å². The van der Waals surface area contributed by atoms with Crippen molar-refractivity contribution >= 4 is 51.9 Å². The maximum atomic E-state index is 4.81. The van der Waals surface area contributed by atoms with Crippen LogP contribution in [0.2, 0.25) is 13.1 Å². The molecular formula is C36H29NSSi. The van der Waals surface area contributed by atoms with Crippen LogP contribution in [0.5, 0.6) is 0 Å². The molecule has 1 aromatic heterocycles. The van der Waals surface area contributed by atoms with E-state index < -0.39 is 8.07 Å². The van der Waals surface area contributed by atoms with Crippen molar-refractivity contribution in [2.75, 3.05) is 0 Å². The van der Waals surface area contributed by atoms with Crippen molar-refractivity contribution in [3.05, 3.63) is 114 Å². The van der Waals surface area contributed by atoms with E-state index in [0.29, 0.717) is 0 Å². The van der Waals surface area contributed by atoms with E-state index in [1.807, 2.05) is 18.0 Å². The molecule has 5 aromatic carbocycles. The number of nitrogens with zero attached hydrogens (tertiary/aromatic N) is 1. The standard InChI is InChI=1S/C36H29NSSi/c1-36(2)28-17-18-32-35(38-30-13-7-8-14-31(30)39(32,3)4)33(28)26-16-15-23(21-29(26)36)27-20-22-10-5-6-11-24(22)34-25(27)12-9-19-37-34/h5-21H,1-4H3. The maximum Gasteiger partial charge on any atom is 0.115 e. The van der Waals surface area contributed by atoms with Crippen LogP contribution in [0, 0.1) is 0 Å². The summed E-state index contributed by atoms with van der Waals surface area (Å²) in [4.78, 5) is 7.74. The number of pyridine rings is 1. The van der Waals surface area contributed by atoms with Gasteiger partial charge in [0.2, 0.25) is 0 Å². The molecule has 1 aliphatic carbocycles. The molecule has 188 valence electrons.